The molecule has 1 N–H and O–H groups in total. The molecule has 46 heteroatoms. The van der Waals surface area contributed by atoms with Gasteiger partial charge in [-0.15, -0.1) is 0 Å². The zero-order valence-electron chi connectivity index (χ0n) is 58.5. The van der Waals surface area contributed by atoms with E-state index in [0.29, 0.717) is 23.7 Å². The third-order valence-corrected chi connectivity index (χ3v) is 28.5. The van der Waals surface area contributed by atoms with Gasteiger partial charge in [0.1, 0.15) is 34.5 Å². The molecule has 0 amide bonds. The molecule has 126 heavy (non-hydrogen) atoms. The first kappa shape index (κ1) is 84.4. The van der Waals surface area contributed by atoms with Gasteiger partial charge in [0.2, 0.25) is 0 Å². The molecule has 0 saturated carbocycles. The van der Waals surface area contributed by atoms with E-state index in [4.69, 9.17) is 0 Å². The Labute approximate surface area is 660 Å². The van der Waals surface area contributed by atoms with Gasteiger partial charge in [-0.3, -0.25) is 4.90 Å². The van der Waals surface area contributed by atoms with Gasteiger partial charge in [-0.05, 0) is 27.6 Å². The topological polar surface area (TPSA) is 4.44 Å². The van der Waals surface area contributed by atoms with Gasteiger partial charge in [0.25, 0.3) is 13.1 Å². The predicted octanol–water partition coefficient (Wildman–Crippen LogP) is 23.8. The molecule has 18 aromatic rings. The summed E-state index contributed by atoms with van der Waals surface area (Å²) in [5.41, 5.74) is -2.28. The summed E-state index contributed by atoms with van der Waals surface area (Å²) >= 11 is -10.9. The molecule has 19 rings (SSSR count). The largest absolute Gasteiger partial charge is 0.458 e. The molecule has 1 unspecified atom stereocenters. The molecule has 0 bridgehead atoms. The lowest BCUT2D eigenvalue weighted by molar-refractivity contribution is -0.754. The summed E-state index contributed by atoms with van der Waals surface area (Å²) in [6, 6.07) is 6.74. The molecule has 1 aliphatic heterocycles. The minimum atomic E-state index is -10.9. The van der Waals surface area contributed by atoms with Gasteiger partial charge in [-0.25, -0.2) is 167 Å². The van der Waals surface area contributed by atoms with Crippen LogP contribution in [0.25, 0.3) is 129 Å². The van der Waals surface area contributed by atoms with Gasteiger partial charge in [0, 0.05) is 61.1 Å². The number of halogens is 44. The highest BCUT2D eigenvalue weighted by Gasteiger charge is 2.63. The lowest BCUT2D eigenvalue weighted by Crippen LogP contribution is -3.01. The molecule has 18 aromatic carbocycles. The highest BCUT2D eigenvalue weighted by atomic mass is 27.2. The van der Waals surface area contributed by atoms with E-state index in [0.717, 1.165) is 0 Å². The number of rotatable bonds is 6. The normalized spacial score (nSPS) is 13.9. The molecule has 0 saturated heterocycles. The van der Waals surface area contributed by atoms with Crippen molar-refractivity contribution >= 4 is 171 Å². The maximum atomic E-state index is 19.4. The van der Waals surface area contributed by atoms with E-state index in [1.54, 1.807) is 18.2 Å². The Balaban J connectivity index is 0.000000369. The second-order valence-corrected chi connectivity index (χ2v) is 32.5. The van der Waals surface area contributed by atoms with Crippen molar-refractivity contribution in [3.05, 3.63) is 268 Å². The second kappa shape index (κ2) is 26.8. The summed E-state index contributed by atoms with van der Waals surface area (Å²) in [5, 5.41) is -70.8. The van der Waals surface area contributed by atoms with Crippen LogP contribution in [0.3, 0.4) is 0 Å². The molecule has 0 spiro atoms. The second-order valence-electron chi connectivity index (χ2n) is 28.4. The van der Waals surface area contributed by atoms with Crippen LogP contribution in [0.5, 0.6) is 0 Å². The summed E-state index contributed by atoms with van der Waals surface area (Å²) in [5.74, 6) is -141. The van der Waals surface area contributed by atoms with E-state index < -0.39 is 410 Å². The van der Waals surface area contributed by atoms with Crippen LogP contribution in [0.2, 0.25) is 0 Å². The molecular formula is C80H10AlF44N. The van der Waals surface area contributed by atoms with Crippen molar-refractivity contribution < 1.29 is 198 Å². The van der Waals surface area contributed by atoms with E-state index in [1.165, 1.54) is 6.07 Å². The Morgan fingerprint density at radius 3 is 0.611 bits per heavy atom. The first-order chi connectivity index (χ1) is 58.8. The maximum absolute atomic E-state index is 19.4. The Hall–Kier alpha value is -12.5. The average molecular weight is 1850 g/mol. The van der Waals surface area contributed by atoms with Crippen LogP contribution in [0.1, 0.15) is 11.1 Å². The van der Waals surface area contributed by atoms with E-state index in [1.807, 2.05) is 0 Å². The number of fused-ring (bicyclic) bond motifs is 1. The number of benzene rings is 18. The molecule has 1 atom stereocenters. The summed E-state index contributed by atoms with van der Waals surface area (Å²) in [6.07, 6.45) is -5.88. The smallest absolute Gasteiger partial charge is 0.267 e. The van der Waals surface area contributed by atoms with Crippen LogP contribution < -0.4 is 22.6 Å². The molecule has 646 valence electrons. The van der Waals surface area contributed by atoms with Crippen molar-refractivity contribution in [3.8, 4) is 0 Å². The summed E-state index contributed by atoms with van der Waals surface area (Å²) in [6.45, 7) is 0.109. The quantitative estimate of drug-likeness (QED) is 0.0556. The molecule has 1 aliphatic rings. The number of hydrogen-bond acceptors (Lipinski definition) is 0. The lowest BCUT2D eigenvalue weighted by Gasteiger charge is -2.45. The average Bonchev–Trinajstić information content (AvgIpc) is 0.856. The lowest BCUT2D eigenvalue weighted by atomic mass is 9.90. The summed E-state index contributed by atoms with van der Waals surface area (Å²) in [7, 11) is 0. The summed E-state index contributed by atoms with van der Waals surface area (Å²) in [4.78, 5) is 0.0613. The first-order valence-corrected chi connectivity index (χ1v) is 36.4. The molecule has 1 nitrogen and oxygen atoms in total. The maximum Gasteiger partial charge on any atom is 0.458 e. The third-order valence-electron chi connectivity index (χ3n) is 22.9. The van der Waals surface area contributed by atoms with Gasteiger partial charge in [-0.2, -0.15) is 44.0 Å². The Bertz CT molecular complexity index is 7310. The molecule has 1 heterocycles. The van der Waals surface area contributed by atoms with Gasteiger partial charge >= 0.3 is 12.1 Å². The highest BCUT2D eigenvalue weighted by Crippen LogP contribution is 2.55. The van der Waals surface area contributed by atoms with Crippen molar-refractivity contribution in [2.24, 2.45) is 0 Å². The first-order valence-electron chi connectivity index (χ1n) is 34.1. The fraction of sp³-hybridized carbons (Fsp3) is 0.0500. The van der Waals surface area contributed by atoms with E-state index in [9.17, 15) is 35.1 Å². The zero-order chi connectivity index (χ0) is 92.0. The number of alkyl halides is 5. The van der Waals surface area contributed by atoms with Gasteiger partial charge in [0.15, 0.2) is 209 Å². The van der Waals surface area contributed by atoms with Crippen molar-refractivity contribution in [1.82, 2.24) is 0 Å². The highest BCUT2D eigenvalue weighted by molar-refractivity contribution is 7.23. The van der Waals surface area contributed by atoms with E-state index in [2.05, 4.69) is 0 Å². The van der Waals surface area contributed by atoms with Gasteiger partial charge in [-0.1, -0.05) is 18.2 Å². The van der Waals surface area contributed by atoms with Crippen LogP contribution in [0.15, 0.2) is 30.3 Å². The Morgan fingerprint density at radius 2 is 0.389 bits per heavy atom. The van der Waals surface area contributed by atoms with Crippen molar-refractivity contribution in [2.75, 3.05) is 6.54 Å². The zero-order valence-corrected chi connectivity index (χ0v) is 59.7. The van der Waals surface area contributed by atoms with Crippen molar-refractivity contribution in [2.45, 2.75) is 18.5 Å². The SMILES string of the molecule is Fc1c(F)c2c(F)c(F)c3c(F)c(F)[c]([Al-]([c]4c(F)c(F)c5c(F)c(F)c6c(F)c(F)c(F)c7c(F)c(F)c4c5c67)([c]4c(F)c(F)c5c(F)c(F)c6c(F)c(F)c(F)c7c(F)c(F)c4c5c67)[c]4c(F)c(F)c5c(F)c(F)c6c(F)c(F)c(F)c7c(F)c(F)c4c5c67)c4c(F)c(F)c(c1F)c2c34.Fc1cc([NH+]2CCc3ccccc32)c(F)c(C(F)(F)C(F)(F)F)c1F. The van der Waals surface area contributed by atoms with Crippen molar-refractivity contribution in [3.63, 3.8) is 0 Å². The number of quaternary nitrogens is 1. The van der Waals surface area contributed by atoms with Crippen LogP contribution in [-0.4, -0.2) is 25.8 Å². The molecule has 0 radical (unpaired) electrons. The van der Waals surface area contributed by atoms with Crippen LogP contribution in [-0.2, 0) is 12.3 Å². The summed E-state index contributed by atoms with van der Waals surface area (Å²) < 4.78 is 712. The fourth-order valence-electron chi connectivity index (χ4n) is 18.1. The predicted molar refractivity (Wildman–Crippen MR) is 355 cm³/mol. The van der Waals surface area contributed by atoms with Crippen LogP contribution in [0, 0.1) is 227 Å². The van der Waals surface area contributed by atoms with Gasteiger partial charge in [0.05, 0.1) is 71.2 Å². The van der Waals surface area contributed by atoms with Crippen LogP contribution in [0.4, 0.5) is 205 Å². The minimum Gasteiger partial charge on any atom is -0.267 e. The van der Waals surface area contributed by atoms with Crippen LogP contribution >= 0.6 is 0 Å². The molecule has 0 aromatic heterocycles. The standard InChI is InChI=1S/4C16F9.C16H9F8N.Al/c4*17-3-1-2-4-5-7(11(20)9(2)18)14(23)16(25)15(24)8(5)13(22)12(21)6(4)10(3)19;17-9-7-11(25-6-5-8-3-1-2-4-10(8)25)14(19)12(13(9)18)15(20,21)16(22,23)24;/h;;;;1-4,7H,5-6H2;/q;;;;;-1/p+1. The monoisotopic (exact) mass is 1850 g/mol. The third kappa shape index (κ3) is 9.71. The number of hydrogen-bond donors (Lipinski definition) is 1. The number of para-hydroxylation sites is 1. The Kier molecular flexibility index (Phi) is 17.9. The Morgan fingerprint density at radius 1 is 0.198 bits per heavy atom. The number of nitrogens with one attached hydrogen (secondary N) is 1. The molecule has 0 aliphatic carbocycles. The van der Waals surface area contributed by atoms with E-state index in [-0.39, 0.29) is 11.4 Å². The minimum absolute atomic E-state index is 0.0613. The molecule has 0 fully saturated rings. The fourth-order valence-corrected chi connectivity index (χ4v) is 24.6. The molecular weight excluding hydrogens is 1840 g/mol. The van der Waals surface area contributed by atoms with E-state index >= 15 is 158 Å². The van der Waals surface area contributed by atoms with Crippen molar-refractivity contribution in [1.29, 1.82) is 0 Å². The van der Waals surface area contributed by atoms with Gasteiger partial charge < -0.3 is 0 Å².